The third kappa shape index (κ3) is 1.88. The van der Waals surface area contributed by atoms with Crippen LogP contribution >= 0.6 is 0 Å². The van der Waals surface area contributed by atoms with E-state index in [4.69, 9.17) is 0 Å². The molecule has 2 rings (SSSR count). The molecule has 2 heterocycles. The third-order valence-corrected chi connectivity index (χ3v) is 4.19. The lowest BCUT2D eigenvalue weighted by atomic mass is 9.81. The number of hydrogen-bond donors (Lipinski definition) is 0. The highest BCUT2D eigenvalue weighted by Crippen LogP contribution is 2.45. The van der Waals surface area contributed by atoms with Gasteiger partial charge >= 0.3 is 0 Å². The second-order valence-corrected chi connectivity index (χ2v) is 6.86. The molecule has 0 aromatic heterocycles. The Morgan fingerprint density at radius 3 is 2.19 bits per heavy atom. The topological polar surface area (TPSA) is 6.48 Å². The van der Waals surface area contributed by atoms with Crippen LogP contribution in [0.5, 0.6) is 0 Å². The lowest BCUT2D eigenvalue weighted by Gasteiger charge is -2.57. The molecule has 16 heavy (non-hydrogen) atoms. The smallest absolute Gasteiger partial charge is 0.122 e. The van der Waals surface area contributed by atoms with E-state index in [9.17, 15) is 4.39 Å². The minimum absolute atomic E-state index is 0.130. The largest absolute Gasteiger partial charge is 0.295 e. The molecule has 0 saturated carbocycles. The summed E-state index contributed by atoms with van der Waals surface area (Å²) in [5.41, 5.74) is -0.633. The van der Waals surface area contributed by atoms with Crippen molar-refractivity contribution in [3.63, 3.8) is 0 Å². The zero-order valence-corrected chi connectivity index (χ0v) is 11.3. The van der Waals surface area contributed by atoms with Crippen LogP contribution in [-0.2, 0) is 0 Å². The Bertz CT molecular complexity index is 274. The van der Waals surface area contributed by atoms with E-state index in [1.807, 2.05) is 0 Å². The lowest BCUT2D eigenvalue weighted by Crippen LogP contribution is -2.71. The summed E-state index contributed by atoms with van der Waals surface area (Å²) in [4.78, 5) is 4.80. The van der Waals surface area contributed by atoms with Gasteiger partial charge in [0.05, 0.1) is 0 Å². The lowest BCUT2D eigenvalue weighted by molar-refractivity contribution is -0.0742. The molecule has 0 amide bonds. The molecular weight excluding hydrogens is 203 g/mol. The van der Waals surface area contributed by atoms with Crippen molar-refractivity contribution in [3.05, 3.63) is 0 Å². The van der Waals surface area contributed by atoms with Crippen LogP contribution in [0.15, 0.2) is 0 Å². The molecule has 3 heteroatoms. The minimum atomic E-state index is -0.986. The molecule has 2 aliphatic heterocycles. The first-order valence-corrected chi connectivity index (χ1v) is 6.38. The summed E-state index contributed by atoms with van der Waals surface area (Å²) in [6.45, 7) is 14.2. The first kappa shape index (κ1) is 12.3. The minimum Gasteiger partial charge on any atom is -0.295 e. The number of likely N-dealkylation sites (N-methyl/N-ethyl adjacent to an activating group) is 1. The highest BCUT2D eigenvalue weighted by atomic mass is 19.1. The van der Waals surface area contributed by atoms with Gasteiger partial charge in [-0.2, -0.15) is 0 Å². The van der Waals surface area contributed by atoms with E-state index in [-0.39, 0.29) is 11.1 Å². The van der Waals surface area contributed by atoms with Crippen LogP contribution in [-0.4, -0.2) is 52.7 Å². The summed E-state index contributed by atoms with van der Waals surface area (Å²) in [5, 5.41) is 0. The monoisotopic (exact) mass is 228 g/mol. The van der Waals surface area contributed by atoms with Crippen molar-refractivity contribution in [1.29, 1.82) is 0 Å². The Balaban J connectivity index is 2.06. The molecule has 1 atom stereocenters. The Hall–Kier alpha value is -0.150. The fourth-order valence-corrected chi connectivity index (χ4v) is 3.32. The summed E-state index contributed by atoms with van der Waals surface area (Å²) >= 11 is 0. The maximum Gasteiger partial charge on any atom is 0.122 e. The summed E-state index contributed by atoms with van der Waals surface area (Å²) in [6.07, 6.45) is 0.709. The van der Waals surface area contributed by atoms with Crippen LogP contribution in [0.3, 0.4) is 0 Å². The van der Waals surface area contributed by atoms with Gasteiger partial charge in [0.2, 0.25) is 0 Å². The predicted octanol–water partition coefficient (Wildman–Crippen LogP) is 2.29. The van der Waals surface area contributed by atoms with E-state index in [0.717, 1.165) is 19.6 Å². The fraction of sp³-hybridized carbons (Fsp3) is 1.00. The Morgan fingerprint density at radius 2 is 1.75 bits per heavy atom. The van der Waals surface area contributed by atoms with Gasteiger partial charge in [-0.05, 0) is 34.2 Å². The van der Waals surface area contributed by atoms with Crippen molar-refractivity contribution in [2.24, 2.45) is 0 Å². The van der Waals surface area contributed by atoms with Gasteiger partial charge in [0, 0.05) is 37.1 Å². The van der Waals surface area contributed by atoms with E-state index in [1.54, 1.807) is 6.92 Å². The Labute approximate surface area is 98.8 Å². The Morgan fingerprint density at radius 1 is 1.19 bits per heavy atom. The van der Waals surface area contributed by atoms with Gasteiger partial charge in [-0.3, -0.25) is 9.80 Å². The number of alkyl halides is 1. The van der Waals surface area contributed by atoms with Crippen LogP contribution in [0.25, 0.3) is 0 Å². The van der Waals surface area contributed by atoms with Gasteiger partial charge in [-0.25, -0.2) is 4.39 Å². The van der Waals surface area contributed by atoms with Gasteiger partial charge in [-0.15, -0.1) is 0 Å². The molecule has 0 N–H and O–H groups in total. The fourth-order valence-electron chi connectivity index (χ4n) is 3.32. The van der Waals surface area contributed by atoms with Crippen LogP contribution in [0.4, 0.5) is 4.39 Å². The zero-order chi connectivity index (χ0) is 12.2. The average molecular weight is 228 g/mol. The molecule has 2 aliphatic rings. The second kappa shape index (κ2) is 3.42. The predicted molar refractivity (Wildman–Crippen MR) is 65.4 cm³/mol. The molecule has 0 bridgehead atoms. The molecule has 94 valence electrons. The van der Waals surface area contributed by atoms with Crippen LogP contribution in [0.1, 0.15) is 41.0 Å². The summed E-state index contributed by atoms with van der Waals surface area (Å²) in [7, 11) is 0. The van der Waals surface area contributed by atoms with Crippen molar-refractivity contribution in [2.75, 3.05) is 26.2 Å². The summed E-state index contributed by atoms with van der Waals surface area (Å²) in [6, 6.07) is 0. The molecule has 1 unspecified atom stereocenters. The van der Waals surface area contributed by atoms with E-state index >= 15 is 0 Å². The standard InChI is InChI=1S/C13H25FN2/c1-6-15-8-12(5,14)7-13(15)9-16(10-13)11(2,3)4/h6-10H2,1-5H3. The average Bonchev–Trinajstić information content (AvgIpc) is 2.32. The molecule has 2 fully saturated rings. The van der Waals surface area contributed by atoms with Crippen LogP contribution in [0, 0.1) is 0 Å². The van der Waals surface area contributed by atoms with Crippen molar-refractivity contribution < 1.29 is 4.39 Å². The molecular formula is C13H25FN2. The third-order valence-electron chi connectivity index (χ3n) is 4.19. The first-order chi connectivity index (χ1) is 7.19. The summed E-state index contributed by atoms with van der Waals surface area (Å²) in [5.74, 6) is 0. The van der Waals surface area contributed by atoms with Crippen molar-refractivity contribution in [2.45, 2.75) is 57.8 Å². The molecule has 2 nitrogen and oxygen atoms in total. The van der Waals surface area contributed by atoms with Crippen LogP contribution < -0.4 is 0 Å². The molecule has 0 radical (unpaired) electrons. The van der Waals surface area contributed by atoms with Crippen molar-refractivity contribution in [1.82, 2.24) is 9.80 Å². The van der Waals surface area contributed by atoms with Crippen molar-refractivity contribution >= 4 is 0 Å². The highest BCUT2D eigenvalue weighted by molar-refractivity contribution is 5.14. The Kier molecular flexibility index (Phi) is 2.63. The quantitative estimate of drug-likeness (QED) is 0.679. The molecule has 0 aromatic rings. The van der Waals surface area contributed by atoms with E-state index in [0.29, 0.717) is 13.0 Å². The second-order valence-electron chi connectivity index (χ2n) is 6.86. The highest BCUT2D eigenvalue weighted by Gasteiger charge is 2.58. The molecule has 1 spiro atoms. The van der Waals surface area contributed by atoms with E-state index < -0.39 is 5.67 Å². The molecule has 2 saturated heterocycles. The first-order valence-electron chi connectivity index (χ1n) is 6.38. The number of nitrogens with zero attached hydrogens (tertiary/aromatic N) is 2. The van der Waals surface area contributed by atoms with Gasteiger partial charge in [0.1, 0.15) is 5.67 Å². The van der Waals surface area contributed by atoms with Gasteiger partial charge < -0.3 is 0 Å². The number of likely N-dealkylation sites (tertiary alicyclic amines) is 2. The van der Waals surface area contributed by atoms with Crippen molar-refractivity contribution in [3.8, 4) is 0 Å². The van der Waals surface area contributed by atoms with E-state index in [2.05, 4.69) is 37.5 Å². The molecule has 0 aromatic carbocycles. The normalized spacial score (nSPS) is 35.6. The van der Waals surface area contributed by atoms with Gasteiger partial charge in [0.25, 0.3) is 0 Å². The number of rotatable bonds is 1. The SMILES string of the molecule is CCN1CC(C)(F)CC12CN(C(C)(C)C)C2. The van der Waals surface area contributed by atoms with Gasteiger partial charge in [-0.1, -0.05) is 6.92 Å². The molecule has 0 aliphatic carbocycles. The zero-order valence-electron chi connectivity index (χ0n) is 11.3. The maximum absolute atomic E-state index is 14.1. The summed E-state index contributed by atoms with van der Waals surface area (Å²) < 4.78 is 14.1. The van der Waals surface area contributed by atoms with Gasteiger partial charge in [0.15, 0.2) is 0 Å². The number of hydrogen-bond acceptors (Lipinski definition) is 2. The maximum atomic E-state index is 14.1. The van der Waals surface area contributed by atoms with Crippen LogP contribution in [0.2, 0.25) is 0 Å². The van der Waals surface area contributed by atoms with E-state index in [1.165, 1.54) is 0 Å². The number of halogens is 1.